The Bertz CT molecular complexity index is 446. The van der Waals surface area contributed by atoms with Crippen molar-refractivity contribution in [3.63, 3.8) is 0 Å². The number of nitrogens with zero attached hydrogens (tertiary/aromatic N) is 1. The van der Waals surface area contributed by atoms with Gasteiger partial charge in [0.15, 0.2) is 0 Å². The first-order chi connectivity index (χ1) is 8.49. The fourth-order valence-electron chi connectivity index (χ4n) is 1.52. The van der Waals surface area contributed by atoms with Crippen molar-refractivity contribution in [1.29, 1.82) is 0 Å². The van der Waals surface area contributed by atoms with Crippen LogP contribution >= 0.6 is 0 Å². The molecule has 0 unspecified atom stereocenters. The molecule has 0 fully saturated rings. The summed E-state index contributed by atoms with van der Waals surface area (Å²) in [6, 6.07) is 3.21. The second kappa shape index (κ2) is 6.58. The Balaban J connectivity index is 2.47. The second-order valence-corrected chi connectivity index (χ2v) is 4.02. The molecule has 0 spiro atoms. The molecule has 1 heterocycles. The fourth-order valence-corrected chi connectivity index (χ4v) is 1.52. The zero-order valence-electron chi connectivity index (χ0n) is 10.3. The van der Waals surface area contributed by atoms with Gasteiger partial charge in [-0.2, -0.15) is 0 Å². The number of hydrogen-bond donors (Lipinski definition) is 3. The number of carbonyl (C=O) groups is 2. The van der Waals surface area contributed by atoms with Crippen LogP contribution in [0.1, 0.15) is 35.3 Å². The van der Waals surface area contributed by atoms with Crippen LogP contribution in [0.3, 0.4) is 0 Å². The first-order valence-electron chi connectivity index (χ1n) is 5.73. The van der Waals surface area contributed by atoms with Crippen molar-refractivity contribution >= 4 is 17.7 Å². The van der Waals surface area contributed by atoms with Crippen LogP contribution in [0.25, 0.3) is 0 Å². The van der Waals surface area contributed by atoms with Crippen molar-refractivity contribution in [2.75, 3.05) is 11.9 Å². The number of aliphatic carboxylic acids is 1. The summed E-state index contributed by atoms with van der Waals surface area (Å²) < 4.78 is 0. The molecule has 0 saturated carbocycles. The summed E-state index contributed by atoms with van der Waals surface area (Å²) in [6.45, 7) is 2.39. The summed E-state index contributed by atoms with van der Waals surface area (Å²) in [4.78, 5) is 25.6. The number of nitrogens with two attached hydrogens (primary N) is 1. The van der Waals surface area contributed by atoms with Crippen molar-refractivity contribution in [3.05, 3.63) is 23.4 Å². The van der Waals surface area contributed by atoms with E-state index in [2.05, 4.69) is 10.3 Å². The molecule has 1 aromatic rings. The first-order valence-corrected chi connectivity index (χ1v) is 5.73. The van der Waals surface area contributed by atoms with Crippen molar-refractivity contribution in [3.8, 4) is 0 Å². The summed E-state index contributed by atoms with van der Waals surface area (Å²) in [5, 5.41) is 11.5. The molecule has 6 nitrogen and oxygen atoms in total. The molecular formula is C12H17N3O3. The van der Waals surface area contributed by atoms with E-state index in [1.54, 1.807) is 19.1 Å². The van der Waals surface area contributed by atoms with Gasteiger partial charge in [0.25, 0.3) is 0 Å². The van der Waals surface area contributed by atoms with Crippen LogP contribution in [-0.2, 0) is 4.79 Å². The molecule has 1 amide bonds. The van der Waals surface area contributed by atoms with Gasteiger partial charge in [-0.25, -0.2) is 4.98 Å². The molecule has 4 N–H and O–H groups in total. The number of nitrogens with one attached hydrogen (secondary N) is 1. The highest BCUT2D eigenvalue weighted by Crippen LogP contribution is 2.10. The number of carboxylic acids is 1. The lowest BCUT2D eigenvalue weighted by Gasteiger charge is -2.07. The SMILES string of the molecule is Cc1cc(C(N)=O)cc(NCCCCC(=O)O)n1. The van der Waals surface area contributed by atoms with E-state index in [0.29, 0.717) is 30.0 Å². The van der Waals surface area contributed by atoms with Gasteiger partial charge in [-0.1, -0.05) is 0 Å². The molecular weight excluding hydrogens is 234 g/mol. The topological polar surface area (TPSA) is 105 Å². The number of anilines is 1. The molecule has 0 aromatic carbocycles. The van der Waals surface area contributed by atoms with E-state index < -0.39 is 11.9 Å². The maximum absolute atomic E-state index is 11.1. The van der Waals surface area contributed by atoms with E-state index in [-0.39, 0.29) is 6.42 Å². The third-order valence-corrected chi connectivity index (χ3v) is 2.36. The van der Waals surface area contributed by atoms with Crippen LogP contribution in [0.5, 0.6) is 0 Å². The standard InChI is InChI=1S/C12H17N3O3/c1-8-6-9(12(13)18)7-10(15-8)14-5-3-2-4-11(16)17/h6-7H,2-5H2,1H3,(H2,13,18)(H,14,15)(H,16,17). The molecule has 1 rings (SSSR count). The summed E-state index contributed by atoms with van der Waals surface area (Å²) in [5.41, 5.74) is 6.32. The van der Waals surface area contributed by atoms with Crippen LogP contribution in [0.15, 0.2) is 12.1 Å². The van der Waals surface area contributed by atoms with Crippen LogP contribution < -0.4 is 11.1 Å². The maximum atomic E-state index is 11.1. The molecule has 0 aliphatic heterocycles. The number of carboxylic acid groups (broad SMARTS) is 1. The average Bonchev–Trinajstić information content (AvgIpc) is 2.27. The van der Waals surface area contributed by atoms with Crippen LogP contribution in [-0.4, -0.2) is 28.5 Å². The minimum Gasteiger partial charge on any atom is -0.481 e. The second-order valence-electron chi connectivity index (χ2n) is 4.02. The Morgan fingerprint density at radius 3 is 2.72 bits per heavy atom. The minimum absolute atomic E-state index is 0.162. The number of aromatic nitrogens is 1. The lowest BCUT2D eigenvalue weighted by molar-refractivity contribution is -0.137. The third kappa shape index (κ3) is 4.82. The molecule has 0 atom stereocenters. The molecule has 1 aromatic heterocycles. The van der Waals surface area contributed by atoms with Crippen LogP contribution in [0, 0.1) is 6.92 Å². The summed E-state index contributed by atoms with van der Waals surface area (Å²) in [5.74, 6) is -0.701. The zero-order valence-corrected chi connectivity index (χ0v) is 10.3. The molecule has 0 bridgehead atoms. The van der Waals surface area contributed by atoms with Gasteiger partial charge >= 0.3 is 5.97 Å². The Labute approximate surface area is 105 Å². The summed E-state index contributed by atoms with van der Waals surface area (Å²) in [7, 11) is 0. The van der Waals surface area contributed by atoms with Gasteiger partial charge in [-0.15, -0.1) is 0 Å². The molecule has 0 aliphatic rings. The maximum Gasteiger partial charge on any atom is 0.303 e. The number of pyridine rings is 1. The van der Waals surface area contributed by atoms with Gasteiger partial charge in [-0.05, 0) is 31.9 Å². The average molecular weight is 251 g/mol. The summed E-state index contributed by atoms with van der Waals surface area (Å²) >= 11 is 0. The van der Waals surface area contributed by atoms with Crippen LogP contribution in [0.4, 0.5) is 5.82 Å². The highest BCUT2D eigenvalue weighted by atomic mass is 16.4. The molecule has 98 valence electrons. The number of amides is 1. The molecule has 6 heteroatoms. The third-order valence-electron chi connectivity index (χ3n) is 2.36. The number of aryl methyl sites for hydroxylation is 1. The largest absolute Gasteiger partial charge is 0.481 e. The quantitative estimate of drug-likeness (QED) is 0.630. The van der Waals surface area contributed by atoms with E-state index >= 15 is 0 Å². The lowest BCUT2D eigenvalue weighted by Crippen LogP contribution is -2.13. The zero-order chi connectivity index (χ0) is 13.5. The van der Waals surface area contributed by atoms with E-state index in [0.717, 1.165) is 6.42 Å². The molecule has 0 saturated heterocycles. The number of hydrogen-bond acceptors (Lipinski definition) is 4. The van der Waals surface area contributed by atoms with Gasteiger partial charge in [-0.3, -0.25) is 9.59 Å². The smallest absolute Gasteiger partial charge is 0.303 e. The van der Waals surface area contributed by atoms with Gasteiger partial charge in [0.05, 0.1) is 0 Å². The van der Waals surface area contributed by atoms with Gasteiger partial charge < -0.3 is 16.2 Å². The number of rotatable bonds is 7. The Morgan fingerprint density at radius 1 is 1.39 bits per heavy atom. The molecule has 18 heavy (non-hydrogen) atoms. The number of carbonyl (C=O) groups excluding carboxylic acids is 1. The Kier molecular flexibility index (Phi) is 5.10. The highest BCUT2D eigenvalue weighted by Gasteiger charge is 2.04. The normalized spacial score (nSPS) is 10.1. The van der Waals surface area contributed by atoms with E-state index in [1.807, 2.05) is 0 Å². The molecule has 0 aliphatic carbocycles. The van der Waals surface area contributed by atoms with Crippen molar-refractivity contribution in [1.82, 2.24) is 4.98 Å². The number of unbranched alkanes of at least 4 members (excludes halogenated alkanes) is 1. The van der Waals surface area contributed by atoms with E-state index in [4.69, 9.17) is 10.8 Å². The number of primary amides is 1. The van der Waals surface area contributed by atoms with Gasteiger partial charge in [0.1, 0.15) is 5.82 Å². The predicted molar refractivity (Wildman–Crippen MR) is 67.5 cm³/mol. The van der Waals surface area contributed by atoms with Crippen LogP contribution in [0.2, 0.25) is 0 Å². The van der Waals surface area contributed by atoms with Crippen molar-refractivity contribution < 1.29 is 14.7 Å². The van der Waals surface area contributed by atoms with Gasteiger partial charge in [0.2, 0.25) is 5.91 Å². The van der Waals surface area contributed by atoms with E-state index in [9.17, 15) is 9.59 Å². The van der Waals surface area contributed by atoms with Gasteiger partial charge in [0, 0.05) is 24.2 Å². The first kappa shape index (κ1) is 14.0. The monoisotopic (exact) mass is 251 g/mol. The Morgan fingerprint density at radius 2 is 2.11 bits per heavy atom. The van der Waals surface area contributed by atoms with Crippen molar-refractivity contribution in [2.24, 2.45) is 5.73 Å². The lowest BCUT2D eigenvalue weighted by atomic mass is 10.2. The van der Waals surface area contributed by atoms with E-state index in [1.165, 1.54) is 0 Å². The Hall–Kier alpha value is -2.11. The fraction of sp³-hybridized carbons (Fsp3) is 0.417. The minimum atomic E-state index is -0.792. The highest BCUT2D eigenvalue weighted by molar-refractivity contribution is 5.93. The predicted octanol–water partition coefficient (Wildman–Crippen LogP) is 1.16. The summed E-state index contributed by atoms with van der Waals surface area (Å²) in [6.07, 6.45) is 1.50. The molecule has 0 radical (unpaired) electrons. The van der Waals surface area contributed by atoms with Crippen molar-refractivity contribution in [2.45, 2.75) is 26.2 Å².